The molecule has 1 aromatic carbocycles. The third-order valence-corrected chi connectivity index (χ3v) is 4.65. The van der Waals surface area contributed by atoms with Gasteiger partial charge in [-0.05, 0) is 30.5 Å². The molecule has 0 spiro atoms. The number of nitrogens with two attached hydrogens (primary N) is 1. The van der Waals surface area contributed by atoms with Crippen LogP contribution in [0.5, 0.6) is 0 Å². The lowest BCUT2D eigenvalue weighted by Gasteiger charge is -2.06. The molecule has 0 aliphatic heterocycles. The van der Waals surface area contributed by atoms with E-state index in [1.54, 1.807) is 11.3 Å². The fraction of sp³-hybridized carbons (Fsp3) is 0.308. The molecule has 0 saturated heterocycles. The molecule has 0 aliphatic rings. The zero-order valence-corrected chi connectivity index (χ0v) is 12.4. The molecule has 0 radical (unpaired) electrons. The van der Waals surface area contributed by atoms with E-state index in [2.05, 4.69) is 53.0 Å². The van der Waals surface area contributed by atoms with Gasteiger partial charge in [0.05, 0.1) is 5.69 Å². The molecule has 0 aliphatic carbocycles. The molecular formula is C13H15BrN2S. The standard InChI is InChI=1S/C13H15BrN2S/c1-3-11-12(17-13(15)16-11)7-9-5-4-6-10(14)8(9)2/h4-6H,3,7H2,1-2H3,(H2,15,16). The van der Waals surface area contributed by atoms with Crippen molar-refractivity contribution < 1.29 is 0 Å². The van der Waals surface area contributed by atoms with Crippen LogP contribution < -0.4 is 5.73 Å². The van der Waals surface area contributed by atoms with Crippen LogP contribution in [-0.2, 0) is 12.8 Å². The summed E-state index contributed by atoms with van der Waals surface area (Å²) < 4.78 is 1.16. The Morgan fingerprint density at radius 1 is 1.41 bits per heavy atom. The Hall–Kier alpha value is -0.870. The van der Waals surface area contributed by atoms with Gasteiger partial charge in [-0.2, -0.15) is 0 Å². The molecule has 90 valence electrons. The van der Waals surface area contributed by atoms with E-state index < -0.39 is 0 Å². The summed E-state index contributed by atoms with van der Waals surface area (Å²) in [6, 6.07) is 6.30. The van der Waals surface area contributed by atoms with Gasteiger partial charge in [-0.25, -0.2) is 4.98 Å². The molecule has 0 fully saturated rings. The Morgan fingerprint density at radius 3 is 2.88 bits per heavy atom. The van der Waals surface area contributed by atoms with E-state index in [4.69, 9.17) is 5.73 Å². The molecule has 0 amide bonds. The van der Waals surface area contributed by atoms with E-state index in [0.29, 0.717) is 5.13 Å². The van der Waals surface area contributed by atoms with Crippen LogP contribution in [0.1, 0.15) is 28.6 Å². The molecule has 0 bridgehead atoms. The second-order valence-electron chi connectivity index (χ2n) is 3.98. The number of benzene rings is 1. The van der Waals surface area contributed by atoms with Crippen LogP contribution in [0.3, 0.4) is 0 Å². The summed E-state index contributed by atoms with van der Waals surface area (Å²) in [5.41, 5.74) is 9.53. The lowest BCUT2D eigenvalue weighted by molar-refractivity contribution is 1.02. The molecule has 1 aromatic heterocycles. The second-order valence-corrected chi connectivity index (χ2v) is 5.95. The summed E-state index contributed by atoms with van der Waals surface area (Å²) in [4.78, 5) is 5.65. The topological polar surface area (TPSA) is 38.9 Å². The van der Waals surface area contributed by atoms with Crippen molar-refractivity contribution in [3.05, 3.63) is 44.4 Å². The normalized spacial score (nSPS) is 10.8. The zero-order valence-electron chi connectivity index (χ0n) is 9.96. The van der Waals surface area contributed by atoms with Crippen molar-refractivity contribution in [3.8, 4) is 0 Å². The van der Waals surface area contributed by atoms with Crippen LogP contribution in [0.4, 0.5) is 5.13 Å². The van der Waals surface area contributed by atoms with Gasteiger partial charge in [-0.1, -0.05) is 35.0 Å². The Bertz CT molecular complexity index is 534. The summed E-state index contributed by atoms with van der Waals surface area (Å²) in [6.07, 6.45) is 1.86. The molecule has 2 rings (SSSR count). The first-order valence-corrected chi connectivity index (χ1v) is 7.20. The van der Waals surface area contributed by atoms with Crippen molar-refractivity contribution in [2.45, 2.75) is 26.7 Å². The Kier molecular flexibility index (Phi) is 3.84. The number of nitrogen functional groups attached to an aromatic ring is 1. The zero-order chi connectivity index (χ0) is 12.4. The number of aromatic nitrogens is 1. The largest absolute Gasteiger partial charge is 0.375 e. The maximum atomic E-state index is 5.77. The Balaban J connectivity index is 2.34. The smallest absolute Gasteiger partial charge is 0.180 e. The highest BCUT2D eigenvalue weighted by molar-refractivity contribution is 9.10. The van der Waals surface area contributed by atoms with Crippen LogP contribution in [0.2, 0.25) is 0 Å². The van der Waals surface area contributed by atoms with Crippen molar-refractivity contribution in [1.82, 2.24) is 4.98 Å². The minimum atomic E-state index is 0.671. The molecule has 2 nitrogen and oxygen atoms in total. The number of hydrogen-bond acceptors (Lipinski definition) is 3. The summed E-state index contributed by atoms with van der Waals surface area (Å²) >= 11 is 5.16. The molecule has 2 aromatic rings. The van der Waals surface area contributed by atoms with Gasteiger partial charge in [-0.3, -0.25) is 0 Å². The molecule has 0 atom stereocenters. The summed E-state index contributed by atoms with van der Waals surface area (Å²) in [5.74, 6) is 0. The average Bonchev–Trinajstić information content (AvgIpc) is 2.65. The van der Waals surface area contributed by atoms with Gasteiger partial charge < -0.3 is 5.73 Å². The van der Waals surface area contributed by atoms with Crippen molar-refractivity contribution in [2.24, 2.45) is 0 Å². The van der Waals surface area contributed by atoms with E-state index in [0.717, 1.165) is 23.0 Å². The van der Waals surface area contributed by atoms with E-state index in [1.807, 2.05) is 0 Å². The highest BCUT2D eigenvalue weighted by Gasteiger charge is 2.10. The van der Waals surface area contributed by atoms with E-state index >= 15 is 0 Å². The third kappa shape index (κ3) is 2.69. The molecule has 1 heterocycles. The fourth-order valence-electron chi connectivity index (χ4n) is 1.83. The lowest BCUT2D eigenvalue weighted by Crippen LogP contribution is -1.94. The average molecular weight is 311 g/mol. The minimum absolute atomic E-state index is 0.671. The van der Waals surface area contributed by atoms with Crippen LogP contribution in [0.15, 0.2) is 22.7 Å². The van der Waals surface area contributed by atoms with Gasteiger partial charge in [0.25, 0.3) is 0 Å². The van der Waals surface area contributed by atoms with Crippen LogP contribution in [-0.4, -0.2) is 4.98 Å². The summed E-state index contributed by atoms with van der Waals surface area (Å²) in [5, 5.41) is 0.671. The monoisotopic (exact) mass is 310 g/mol. The van der Waals surface area contributed by atoms with Gasteiger partial charge in [0.2, 0.25) is 0 Å². The van der Waals surface area contributed by atoms with Gasteiger partial charge >= 0.3 is 0 Å². The number of rotatable bonds is 3. The number of nitrogens with zero attached hydrogens (tertiary/aromatic N) is 1. The second kappa shape index (κ2) is 5.19. The predicted molar refractivity (Wildman–Crippen MR) is 77.6 cm³/mol. The van der Waals surface area contributed by atoms with E-state index in [9.17, 15) is 0 Å². The first kappa shape index (κ1) is 12.6. The van der Waals surface area contributed by atoms with Gasteiger partial charge in [-0.15, -0.1) is 11.3 Å². The molecule has 2 N–H and O–H groups in total. The minimum Gasteiger partial charge on any atom is -0.375 e. The third-order valence-electron chi connectivity index (χ3n) is 2.86. The molecule has 0 saturated carbocycles. The first-order valence-electron chi connectivity index (χ1n) is 5.59. The van der Waals surface area contributed by atoms with Gasteiger partial charge in [0.15, 0.2) is 5.13 Å². The SMILES string of the molecule is CCc1nc(N)sc1Cc1cccc(Br)c1C. The number of anilines is 1. The van der Waals surface area contributed by atoms with Crippen molar-refractivity contribution >= 4 is 32.4 Å². The summed E-state index contributed by atoms with van der Waals surface area (Å²) in [6.45, 7) is 4.25. The maximum absolute atomic E-state index is 5.77. The number of aryl methyl sites for hydroxylation is 1. The Labute approximate surface area is 114 Å². The number of thiazole rings is 1. The van der Waals surface area contributed by atoms with E-state index in [-0.39, 0.29) is 0 Å². The molecule has 17 heavy (non-hydrogen) atoms. The van der Waals surface area contributed by atoms with Crippen molar-refractivity contribution in [2.75, 3.05) is 5.73 Å². The maximum Gasteiger partial charge on any atom is 0.180 e. The van der Waals surface area contributed by atoms with Crippen molar-refractivity contribution in [3.63, 3.8) is 0 Å². The highest BCUT2D eigenvalue weighted by atomic mass is 79.9. The van der Waals surface area contributed by atoms with Gasteiger partial charge in [0, 0.05) is 15.8 Å². The number of hydrogen-bond donors (Lipinski definition) is 1. The van der Waals surface area contributed by atoms with Crippen LogP contribution in [0, 0.1) is 6.92 Å². The highest BCUT2D eigenvalue weighted by Crippen LogP contribution is 2.27. The molecular weight excluding hydrogens is 296 g/mol. The van der Waals surface area contributed by atoms with Crippen molar-refractivity contribution in [1.29, 1.82) is 0 Å². The first-order chi connectivity index (χ1) is 8.11. The van der Waals surface area contributed by atoms with Crippen LogP contribution >= 0.6 is 27.3 Å². The quantitative estimate of drug-likeness (QED) is 0.932. The molecule has 0 unspecified atom stereocenters. The Morgan fingerprint density at radius 2 is 2.18 bits per heavy atom. The van der Waals surface area contributed by atoms with Crippen LogP contribution in [0.25, 0.3) is 0 Å². The molecule has 4 heteroatoms. The number of halogens is 1. The fourth-order valence-corrected chi connectivity index (χ4v) is 3.19. The lowest BCUT2D eigenvalue weighted by atomic mass is 10.0. The predicted octanol–water partition coefficient (Wildman–Crippen LogP) is 3.95. The van der Waals surface area contributed by atoms with Gasteiger partial charge in [0.1, 0.15) is 0 Å². The summed E-state index contributed by atoms with van der Waals surface area (Å²) in [7, 11) is 0. The van der Waals surface area contributed by atoms with E-state index in [1.165, 1.54) is 16.0 Å².